The van der Waals surface area contributed by atoms with E-state index in [1.165, 1.54) is 4.68 Å². The summed E-state index contributed by atoms with van der Waals surface area (Å²) in [5, 5.41) is 50.8. The number of carbonyl (C=O) groups excluding carboxylic acids is 1. The lowest BCUT2D eigenvalue weighted by molar-refractivity contribution is -0.254. The molecule has 1 aliphatic heterocycles. The van der Waals surface area contributed by atoms with E-state index in [1.807, 2.05) is 18.2 Å². The summed E-state index contributed by atoms with van der Waals surface area (Å²) in [5.74, 6) is -0.0837. The van der Waals surface area contributed by atoms with Gasteiger partial charge in [-0.15, -0.1) is 5.10 Å². The van der Waals surface area contributed by atoms with Crippen molar-refractivity contribution in [1.82, 2.24) is 20.3 Å². The zero-order valence-corrected chi connectivity index (χ0v) is 18.6. The zero-order chi connectivity index (χ0) is 23.8. The van der Waals surface area contributed by atoms with E-state index >= 15 is 0 Å². The van der Waals surface area contributed by atoms with E-state index in [9.17, 15) is 25.2 Å². The molecule has 2 heterocycles. The minimum atomic E-state index is -1.50. The van der Waals surface area contributed by atoms with Crippen LogP contribution in [-0.4, -0.2) is 72.2 Å². The van der Waals surface area contributed by atoms with Crippen LogP contribution in [0.25, 0.3) is 0 Å². The molecule has 1 fully saturated rings. The fourth-order valence-electron chi connectivity index (χ4n) is 3.64. The average molecular weight is 461 g/mol. The number of carbonyl (C=O) groups is 1. The fraction of sp³-hybridized carbons (Fsp3) is 0.522. The number of nitrogens with zero attached hydrogens (tertiary/aromatic N) is 3. The lowest BCUT2D eigenvalue weighted by Crippen LogP contribution is -2.56. The number of aliphatic hydroxyl groups excluding tert-OH is 4. The molecule has 1 aliphatic rings. The third-order valence-electron chi connectivity index (χ3n) is 5.60. The second-order valence-electron chi connectivity index (χ2n) is 8.12. The molecule has 1 saturated heterocycles. The van der Waals surface area contributed by atoms with Gasteiger partial charge >= 0.3 is 0 Å². The molecule has 33 heavy (non-hydrogen) atoms. The number of unbranched alkanes of at least 4 members (excludes halogenated alkanes) is 2. The molecule has 2 aromatic rings. The Labute approximate surface area is 192 Å². The molecule has 0 amide bonds. The number of ketones is 1. The van der Waals surface area contributed by atoms with Gasteiger partial charge in [-0.1, -0.05) is 55.3 Å². The summed E-state index contributed by atoms with van der Waals surface area (Å²) in [5.41, 5.74) is 1.93. The third-order valence-corrected chi connectivity index (χ3v) is 5.60. The smallest absolute Gasteiger partial charge is 0.187 e. The monoisotopic (exact) mass is 460 g/mol. The van der Waals surface area contributed by atoms with Crippen LogP contribution in [0.3, 0.4) is 0 Å². The maximum atomic E-state index is 12.6. The second kappa shape index (κ2) is 12.0. The van der Waals surface area contributed by atoms with Gasteiger partial charge < -0.3 is 30.5 Å². The molecule has 0 unspecified atom stereocenters. The first kappa shape index (κ1) is 25.0. The highest BCUT2D eigenvalue weighted by atomic mass is 16.6. The summed E-state index contributed by atoms with van der Waals surface area (Å²) in [7, 11) is 0. The number of hydrogen-bond donors (Lipinski definition) is 5. The van der Waals surface area contributed by atoms with Crippen molar-refractivity contribution in [3.05, 3.63) is 59.6 Å². The molecule has 5 atom stereocenters. The lowest BCUT2D eigenvalue weighted by atomic mass is 9.98. The molecule has 0 saturated carbocycles. The molecule has 3 rings (SSSR count). The van der Waals surface area contributed by atoms with Gasteiger partial charge in [0.2, 0.25) is 0 Å². The first-order chi connectivity index (χ1) is 15.9. The molecule has 0 radical (unpaired) electrons. The van der Waals surface area contributed by atoms with Crippen LogP contribution in [0.15, 0.2) is 48.3 Å². The van der Waals surface area contributed by atoms with Crippen LogP contribution in [0.5, 0.6) is 0 Å². The maximum Gasteiger partial charge on any atom is 0.187 e. The van der Waals surface area contributed by atoms with Gasteiger partial charge in [0.1, 0.15) is 30.1 Å². The van der Waals surface area contributed by atoms with Crippen molar-refractivity contribution in [2.24, 2.45) is 0 Å². The van der Waals surface area contributed by atoms with Crippen molar-refractivity contribution in [2.75, 3.05) is 6.61 Å². The van der Waals surface area contributed by atoms with Gasteiger partial charge in [0.15, 0.2) is 12.0 Å². The van der Waals surface area contributed by atoms with E-state index in [-0.39, 0.29) is 12.3 Å². The Morgan fingerprint density at radius 3 is 2.61 bits per heavy atom. The Balaban J connectivity index is 1.67. The Hall–Kier alpha value is -2.63. The van der Waals surface area contributed by atoms with E-state index in [4.69, 9.17) is 4.74 Å². The Kier molecular flexibility index (Phi) is 9.10. The minimum Gasteiger partial charge on any atom is -0.394 e. The molecule has 10 heteroatoms. The normalized spacial score (nSPS) is 25.7. The molecule has 5 N–H and O–H groups in total. The number of benzene rings is 1. The van der Waals surface area contributed by atoms with Crippen LogP contribution >= 0.6 is 0 Å². The number of rotatable bonds is 11. The predicted molar refractivity (Wildman–Crippen MR) is 119 cm³/mol. The molecule has 10 nitrogen and oxygen atoms in total. The standard InChI is InChI=1S/C23H32N4O6/c1-2-3-5-10-16(11-18(29)15-8-6-4-7-9-15)24-12-17-13-27(26-25-17)23-22(32)21(31)20(30)19(14-28)33-23/h4,6-9,11,13,19-24,28,30-32H,2-3,5,10,12,14H2,1H3/t19-,20-,21+,22-,23-/m1/s1. The second-order valence-corrected chi connectivity index (χ2v) is 8.12. The summed E-state index contributed by atoms with van der Waals surface area (Å²) >= 11 is 0. The van der Waals surface area contributed by atoms with Crippen molar-refractivity contribution in [3.63, 3.8) is 0 Å². The topological polar surface area (TPSA) is 150 Å². The van der Waals surface area contributed by atoms with Crippen molar-refractivity contribution >= 4 is 5.78 Å². The van der Waals surface area contributed by atoms with Gasteiger partial charge in [-0.05, 0) is 12.8 Å². The van der Waals surface area contributed by atoms with Crippen molar-refractivity contribution in [3.8, 4) is 0 Å². The molecule has 0 spiro atoms. The zero-order valence-electron chi connectivity index (χ0n) is 18.6. The number of allylic oxidation sites excluding steroid dienone is 2. The van der Waals surface area contributed by atoms with Crippen LogP contribution in [0.2, 0.25) is 0 Å². The number of aliphatic hydroxyl groups is 4. The van der Waals surface area contributed by atoms with Crippen molar-refractivity contribution in [2.45, 2.75) is 69.8 Å². The molecular weight excluding hydrogens is 428 g/mol. The number of nitrogens with one attached hydrogen (secondary N) is 1. The largest absolute Gasteiger partial charge is 0.394 e. The van der Waals surface area contributed by atoms with Crippen LogP contribution in [0.4, 0.5) is 0 Å². The van der Waals surface area contributed by atoms with E-state index in [2.05, 4.69) is 22.6 Å². The lowest BCUT2D eigenvalue weighted by Gasteiger charge is -2.39. The highest BCUT2D eigenvalue weighted by Gasteiger charge is 2.44. The SMILES string of the molecule is CCCCCC(=CC(=O)c1ccccc1)NCc1cn([C@@H]2O[C@H](CO)[C@@H](O)[C@H](O)[C@H]2O)nn1. The van der Waals surface area contributed by atoms with Crippen LogP contribution in [0.1, 0.15) is 54.9 Å². The fourth-order valence-corrected chi connectivity index (χ4v) is 3.64. The molecule has 1 aromatic carbocycles. The number of ether oxygens (including phenoxy) is 1. The minimum absolute atomic E-state index is 0.0837. The van der Waals surface area contributed by atoms with Crippen LogP contribution in [-0.2, 0) is 11.3 Å². The molecular formula is C23H32N4O6. The first-order valence-electron chi connectivity index (χ1n) is 11.2. The Bertz CT molecular complexity index is 917. The van der Waals surface area contributed by atoms with Crippen LogP contribution < -0.4 is 5.32 Å². The van der Waals surface area contributed by atoms with E-state index < -0.39 is 37.3 Å². The van der Waals surface area contributed by atoms with Gasteiger partial charge in [0.05, 0.1) is 19.3 Å². The molecule has 0 aliphatic carbocycles. The highest BCUT2D eigenvalue weighted by Crippen LogP contribution is 2.27. The summed E-state index contributed by atoms with van der Waals surface area (Å²) in [6.07, 6.45) is 0.389. The van der Waals surface area contributed by atoms with E-state index in [1.54, 1.807) is 24.4 Å². The van der Waals surface area contributed by atoms with Gasteiger partial charge in [0.25, 0.3) is 0 Å². The van der Waals surface area contributed by atoms with E-state index in [0.717, 1.165) is 25.0 Å². The van der Waals surface area contributed by atoms with Gasteiger partial charge in [0, 0.05) is 17.3 Å². The summed E-state index contributed by atoms with van der Waals surface area (Å²) in [6.45, 7) is 1.88. The maximum absolute atomic E-state index is 12.6. The van der Waals surface area contributed by atoms with Crippen molar-refractivity contribution in [1.29, 1.82) is 0 Å². The number of hydrogen-bond acceptors (Lipinski definition) is 9. The van der Waals surface area contributed by atoms with Gasteiger partial charge in [-0.2, -0.15) is 0 Å². The van der Waals surface area contributed by atoms with Crippen LogP contribution in [0, 0.1) is 0 Å². The molecule has 1 aromatic heterocycles. The van der Waals surface area contributed by atoms with Crippen molar-refractivity contribution < 1.29 is 30.0 Å². The average Bonchev–Trinajstić information content (AvgIpc) is 3.30. The summed E-state index contributed by atoms with van der Waals surface area (Å²) < 4.78 is 6.74. The first-order valence-corrected chi connectivity index (χ1v) is 11.2. The van der Waals surface area contributed by atoms with Gasteiger partial charge in [-0.25, -0.2) is 4.68 Å². The predicted octanol–water partition coefficient (Wildman–Crippen LogP) is 0.687. The Morgan fingerprint density at radius 2 is 1.91 bits per heavy atom. The van der Waals surface area contributed by atoms with E-state index in [0.29, 0.717) is 17.7 Å². The Morgan fingerprint density at radius 1 is 1.15 bits per heavy atom. The molecule has 0 bridgehead atoms. The highest BCUT2D eigenvalue weighted by molar-refractivity contribution is 6.04. The third kappa shape index (κ3) is 6.46. The summed E-state index contributed by atoms with van der Waals surface area (Å²) in [4.78, 5) is 12.6. The summed E-state index contributed by atoms with van der Waals surface area (Å²) in [6, 6.07) is 9.05. The quantitative estimate of drug-likeness (QED) is 0.185. The van der Waals surface area contributed by atoms with Gasteiger partial charge in [-0.3, -0.25) is 4.79 Å². The molecule has 180 valence electrons. The number of aromatic nitrogens is 3.